The number of alkyl halides is 1. The molecule has 0 amide bonds. The first-order chi connectivity index (χ1) is 9.52. The van der Waals surface area contributed by atoms with Crippen LogP contribution in [0.15, 0.2) is 30.6 Å². The summed E-state index contributed by atoms with van der Waals surface area (Å²) < 4.78 is 0. The van der Waals surface area contributed by atoms with Gasteiger partial charge < -0.3 is 5.11 Å². The summed E-state index contributed by atoms with van der Waals surface area (Å²) in [7, 11) is 0. The van der Waals surface area contributed by atoms with Gasteiger partial charge in [-0.1, -0.05) is 29.8 Å². The molecule has 1 saturated carbocycles. The number of aliphatic hydroxyl groups is 1. The van der Waals surface area contributed by atoms with Gasteiger partial charge in [0.15, 0.2) is 6.33 Å². The number of hydrogen-bond acceptors (Lipinski definition) is 4. The molecule has 1 fully saturated rings. The smallest absolute Gasteiger partial charge is 0.162 e. The fourth-order valence-electron chi connectivity index (χ4n) is 2.38. The average Bonchev–Trinajstić information content (AvgIpc) is 2.98. The molecule has 1 heterocycles. The predicted octanol–water partition coefficient (Wildman–Crippen LogP) is 2.07. The van der Waals surface area contributed by atoms with E-state index in [0.29, 0.717) is 11.4 Å². The number of aromatic nitrogens is 4. The molecule has 1 aliphatic carbocycles. The van der Waals surface area contributed by atoms with Crippen molar-refractivity contribution in [3.63, 3.8) is 0 Å². The minimum Gasteiger partial charge on any atom is -0.386 e. The van der Waals surface area contributed by atoms with E-state index in [2.05, 4.69) is 15.4 Å². The maximum Gasteiger partial charge on any atom is 0.162 e. The van der Waals surface area contributed by atoms with Crippen molar-refractivity contribution >= 4 is 23.2 Å². The van der Waals surface area contributed by atoms with E-state index in [4.69, 9.17) is 23.2 Å². The fraction of sp³-hybridized carbons (Fsp3) is 0.462. The van der Waals surface area contributed by atoms with Gasteiger partial charge in [0.25, 0.3) is 0 Å². The monoisotopic (exact) mass is 312 g/mol. The summed E-state index contributed by atoms with van der Waals surface area (Å²) in [5, 5.41) is 23.1. The number of hydrogen-bond donors (Lipinski definition) is 1. The van der Waals surface area contributed by atoms with Gasteiger partial charge in [-0.3, -0.25) is 0 Å². The van der Waals surface area contributed by atoms with Crippen molar-refractivity contribution in [1.82, 2.24) is 20.2 Å². The third-order valence-electron chi connectivity index (χ3n) is 3.76. The Hall–Kier alpha value is -1.17. The molecule has 0 bridgehead atoms. The van der Waals surface area contributed by atoms with E-state index in [9.17, 15) is 5.11 Å². The van der Waals surface area contributed by atoms with Gasteiger partial charge in [0, 0.05) is 11.4 Å². The Morgan fingerprint density at radius 3 is 2.70 bits per heavy atom. The van der Waals surface area contributed by atoms with Crippen molar-refractivity contribution in [2.75, 3.05) is 0 Å². The highest BCUT2D eigenvalue weighted by molar-refractivity contribution is 6.31. The molecule has 7 heteroatoms. The summed E-state index contributed by atoms with van der Waals surface area (Å²) in [5.41, 5.74) is -0.288. The van der Waals surface area contributed by atoms with Crippen LogP contribution in [0.1, 0.15) is 18.4 Å². The number of nitrogens with zero attached hydrogens (tertiary/aromatic N) is 4. The molecule has 2 aromatic rings. The molecular weight excluding hydrogens is 299 g/mol. The number of tetrazole rings is 1. The summed E-state index contributed by atoms with van der Waals surface area (Å²) in [5.74, 6) is 0. The van der Waals surface area contributed by atoms with Crippen molar-refractivity contribution in [2.24, 2.45) is 0 Å². The van der Waals surface area contributed by atoms with E-state index >= 15 is 0 Å². The van der Waals surface area contributed by atoms with Gasteiger partial charge in [-0.15, -0.1) is 21.8 Å². The van der Waals surface area contributed by atoms with Crippen molar-refractivity contribution in [1.29, 1.82) is 0 Å². The van der Waals surface area contributed by atoms with Crippen LogP contribution in [0.25, 0.3) is 0 Å². The van der Waals surface area contributed by atoms with Crippen LogP contribution in [0.2, 0.25) is 5.02 Å². The molecule has 0 saturated heterocycles. The molecule has 1 aliphatic rings. The largest absolute Gasteiger partial charge is 0.386 e. The molecule has 1 aromatic carbocycles. The second kappa shape index (κ2) is 4.98. The Morgan fingerprint density at radius 1 is 1.35 bits per heavy atom. The molecule has 1 unspecified atom stereocenters. The van der Waals surface area contributed by atoms with Gasteiger partial charge in [-0.05, 0) is 29.7 Å². The Kier molecular flexibility index (Phi) is 3.44. The first-order valence-electron chi connectivity index (χ1n) is 6.38. The topological polar surface area (TPSA) is 63.8 Å². The van der Waals surface area contributed by atoms with Crippen LogP contribution in [-0.4, -0.2) is 35.8 Å². The zero-order valence-corrected chi connectivity index (χ0v) is 12.2. The normalized spacial score (nSPS) is 19.6. The average molecular weight is 313 g/mol. The zero-order valence-electron chi connectivity index (χ0n) is 10.7. The molecular formula is C13H14Cl2N4O. The van der Waals surface area contributed by atoms with Crippen LogP contribution in [0.5, 0.6) is 0 Å². The number of halogens is 2. The molecule has 1 N–H and O–H groups in total. The minimum atomic E-state index is -1.15. The molecule has 106 valence electrons. The van der Waals surface area contributed by atoms with Crippen LogP contribution in [0, 0.1) is 0 Å². The van der Waals surface area contributed by atoms with Crippen molar-refractivity contribution < 1.29 is 5.11 Å². The molecule has 0 spiro atoms. The van der Waals surface area contributed by atoms with Crippen molar-refractivity contribution in [2.45, 2.75) is 36.3 Å². The van der Waals surface area contributed by atoms with Crippen LogP contribution in [0.4, 0.5) is 0 Å². The molecule has 0 radical (unpaired) electrons. The lowest BCUT2D eigenvalue weighted by molar-refractivity contribution is 0.00355. The molecule has 0 aliphatic heterocycles. The molecule has 20 heavy (non-hydrogen) atoms. The predicted molar refractivity (Wildman–Crippen MR) is 75.7 cm³/mol. The lowest BCUT2D eigenvalue weighted by Crippen LogP contribution is -2.47. The third-order valence-corrected chi connectivity index (χ3v) is 4.86. The van der Waals surface area contributed by atoms with Crippen molar-refractivity contribution in [3.8, 4) is 0 Å². The van der Waals surface area contributed by atoms with E-state index in [0.717, 1.165) is 18.4 Å². The summed E-state index contributed by atoms with van der Waals surface area (Å²) in [6, 6.07) is 7.45. The highest BCUT2D eigenvalue weighted by Gasteiger charge is 2.58. The Bertz CT molecular complexity index is 600. The van der Waals surface area contributed by atoms with E-state index in [-0.39, 0.29) is 6.54 Å². The Labute approximate surface area is 126 Å². The second-order valence-corrected chi connectivity index (χ2v) is 6.36. The number of rotatable bonds is 5. The summed E-state index contributed by atoms with van der Waals surface area (Å²) in [6.07, 6.45) is 3.23. The summed E-state index contributed by atoms with van der Waals surface area (Å²) in [6.45, 7) is 0.196. The second-order valence-electron chi connectivity index (χ2n) is 5.23. The summed E-state index contributed by atoms with van der Waals surface area (Å²) >= 11 is 12.7. The van der Waals surface area contributed by atoms with Crippen LogP contribution in [-0.2, 0) is 13.0 Å². The van der Waals surface area contributed by atoms with E-state index in [1.807, 2.05) is 18.2 Å². The highest BCUT2D eigenvalue weighted by Crippen LogP contribution is 2.53. The Balaban J connectivity index is 1.89. The lowest BCUT2D eigenvalue weighted by Gasteiger charge is -2.32. The number of benzene rings is 1. The zero-order chi connectivity index (χ0) is 14.2. The molecule has 1 aromatic heterocycles. The lowest BCUT2D eigenvalue weighted by atomic mass is 9.89. The maximum absolute atomic E-state index is 11.0. The minimum absolute atomic E-state index is 0.196. The maximum atomic E-state index is 11.0. The standard InChI is InChI=1S/C13H14Cl2N4O/c14-11-4-2-1-3-10(11)7-13(20,12(15)5-6-12)8-19-17-9-16-18-19/h1-4,9,20H,5-8H2. The van der Waals surface area contributed by atoms with E-state index in [1.54, 1.807) is 6.07 Å². The van der Waals surface area contributed by atoms with Crippen LogP contribution in [0.3, 0.4) is 0 Å². The first kappa shape index (κ1) is 13.8. The third kappa shape index (κ3) is 2.53. The van der Waals surface area contributed by atoms with E-state index < -0.39 is 10.5 Å². The van der Waals surface area contributed by atoms with Gasteiger partial charge >= 0.3 is 0 Å². The van der Waals surface area contributed by atoms with E-state index in [1.165, 1.54) is 11.1 Å². The van der Waals surface area contributed by atoms with Crippen LogP contribution < -0.4 is 0 Å². The SMILES string of the molecule is OC(Cc1ccccc1Cl)(Cn1ncnn1)C1(Cl)CC1. The van der Waals surface area contributed by atoms with Gasteiger partial charge in [-0.2, -0.15) is 4.80 Å². The Morgan fingerprint density at radius 2 is 2.10 bits per heavy atom. The first-order valence-corrected chi connectivity index (χ1v) is 7.14. The summed E-state index contributed by atoms with van der Waals surface area (Å²) in [4.78, 5) is 0.721. The molecule has 3 rings (SSSR count). The van der Waals surface area contributed by atoms with Crippen LogP contribution >= 0.6 is 23.2 Å². The fourth-order valence-corrected chi connectivity index (χ4v) is 2.81. The van der Waals surface area contributed by atoms with Gasteiger partial charge in [0.1, 0.15) is 5.60 Å². The van der Waals surface area contributed by atoms with Gasteiger partial charge in [0.05, 0.1) is 11.4 Å². The molecule has 5 nitrogen and oxygen atoms in total. The quantitative estimate of drug-likeness (QED) is 0.858. The molecule has 1 atom stereocenters. The van der Waals surface area contributed by atoms with Crippen molar-refractivity contribution in [3.05, 3.63) is 41.2 Å². The van der Waals surface area contributed by atoms with Gasteiger partial charge in [-0.25, -0.2) is 0 Å². The highest BCUT2D eigenvalue weighted by atomic mass is 35.5. The van der Waals surface area contributed by atoms with Gasteiger partial charge in [0.2, 0.25) is 0 Å².